The first-order valence-corrected chi connectivity index (χ1v) is 9.60. The Bertz CT molecular complexity index is 538. The van der Waals surface area contributed by atoms with E-state index in [9.17, 15) is 4.79 Å². The summed E-state index contributed by atoms with van der Waals surface area (Å²) in [6, 6.07) is 6.60. The summed E-state index contributed by atoms with van der Waals surface area (Å²) in [7, 11) is 3.48. The van der Waals surface area contributed by atoms with Gasteiger partial charge in [0.25, 0.3) is 0 Å². The highest BCUT2D eigenvalue weighted by atomic mass is 32.2. The van der Waals surface area contributed by atoms with E-state index in [1.807, 2.05) is 0 Å². The molecule has 0 radical (unpaired) electrons. The van der Waals surface area contributed by atoms with Crippen LogP contribution < -0.4 is 10.6 Å². The Kier molecular flexibility index (Phi) is 9.30. The summed E-state index contributed by atoms with van der Waals surface area (Å²) >= 11 is 1.78. The van der Waals surface area contributed by atoms with Gasteiger partial charge in [-0.05, 0) is 32.1 Å². The zero-order chi connectivity index (χ0) is 17.9. The third-order valence-corrected chi connectivity index (χ3v) is 4.07. The molecule has 0 fully saturated rings. The maximum Gasteiger partial charge on any atom is 0.243 e. The van der Waals surface area contributed by atoms with Crippen LogP contribution in [0.15, 0.2) is 23.2 Å². The summed E-state index contributed by atoms with van der Waals surface area (Å²) in [5, 5.41) is 6.59. The van der Waals surface area contributed by atoms with Crippen molar-refractivity contribution in [2.75, 3.05) is 45.7 Å². The van der Waals surface area contributed by atoms with Crippen LogP contribution in [0.1, 0.15) is 16.7 Å². The summed E-state index contributed by atoms with van der Waals surface area (Å²) in [4.78, 5) is 17.6. The molecule has 2 N–H and O–H groups in total. The second kappa shape index (κ2) is 11.0. The average Bonchev–Trinajstić information content (AvgIpc) is 2.50. The lowest BCUT2D eigenvalue weighted by Gasteiger charge is -2.14. The summed E-state index contributed by atoms with van der Waals surface area (Å²) in [5.74, 6) is 1.69. The molecule has 0 unspecified atom stereocenters. The Morgan fingerprint density at radius 3 is 2.33 bits per heavy atom. The number of carbonyl (C=O) groups excluding carboxylic acids is 1. The van der Waals surface area contributed by atoms with Gasteiger partial charge in [0.15, 0.2) is 5.96 Å². The van der Waals surface area contributed by atoms with Gasteiger partial charge < -0.3 is 15.5 Å². The van der Waals surface area contributed by atoms with Gasteiger partial charge in [-0.3, -0.25) is 4.79 Å². The molecule has 1 aromatic rings. The second-order valence-electron chi connectivity index (χ2n) is 6.05. The number of amides is 1. The van der Waals surface area contributed by atoms with E-state index >= 15 is 0 Å². The highest BCUT2D eigenvalue weighted by molar-refractivity contribution is 7.98. The van der Waals surface area contributed by atoms with E-state index in [4.69, 9.17) is 0 Å². The number of carbonyl (C=O) groups is 1. The van der Waals surface area contributed by atoms with E-state index < -0.39 is 0 Å². The van der Waals surface area contributed by atoms with Gasteiger partial charge in [-0.25, -0.2) is 4.99 Å². The van der Waals surface area contributed by atoms with Gasteiger partial charge in [0, 0.05) is 32.9 Å². The number of thioether (sulfide) groups is 1. The van der Waals surface area contributed by atoms with E-state index in [1.54, 1.807) is 30.8 Å². The number of rotatable bonds is 8. The maximum absolute atomic E-state index is 11.7. The minimum atomic E-state index is -0.00437. The summed E-state index contributed by atoms with van der Waals surface area (Å²) in [6.07, 6.45) is 2.99. The van der Waals surface area contributed by atoms with Crippen molar-refractivity contribution < 1.29 is 4.79 Å². The summed E-state index contributed by atoms with van der Waals surface area (Å²) in [5.41, 5.74) is 3.88. The Morgan fingerprint density at radius 1 is 1.12 bits per heavy atom. The molecule has 0 aromatic heterocycles. The number of aryl methyl sites for hydroxylation is 2. The SMILES string of the molecule is CSCCNC(=NCC(=O)N(C)C)NCCc1cc(C)cc(C)c1. The number of aliphatic imine (C=N–C) groups is 1. The highest BCUT2D eigenvalue weighted by Gasteiger charge is 2.04. The van der Waals surface area contributed by atoms with Gasteiger partial charge in [0.05, 0.1) is 0 Å². The van der Waals surface area contributed by atoms with Gasteiger partial charge in [-0.2, -0.15) is 11.8 Å². The summed E-state index contributed by atoms with van der Waals surface area (Å²) < 4.78 is 0. The maximum atomic E-state index is 11.7. The van der Waals surface area contributed by atoms with Crippen molar-refractivity contribution in [1.82, 2.24) is 15.5 Å². The van der Waals surface area contributed by atoms with Gasteiger partial charge in [-0.15, -0.1) is 0 Å². The molecule has 1 amide bonds. The molecule has 0 aliphatic rings. The van der Waals surface area contributed by atoms with E-state index in [0.29, 0.717) is 5.96 Å². The van der Waals surface area contributed by atoms with Gasteiger partial charge >= 0.3 is 0 Å². The normalized spacial score (nSPS) is 11.3. The zero-order valence-electron chi connectivity index (χ0n) is 15.5. The molecule has 0 bridgehead atoms. The van der Waals surface area contributed by atoms with Gasteiger partial charge in [-0.1, -0.05) is 29.3 Å². The number of guanidine groups is 1. The second-order valence-corrected chi connectivity index (χ2v) is 7.03. The molecular weight excluding hydrogens is 320 g/mol. The zero-order valence-corrected chi connectivity index (χ0v) is 16.3. The van der Waals surface area contributed by atoms with Crippen LogP contribution in [-0.2, 0) is 11.2 Å². The summed E-state index contributed by atoms with van der Waals surface area (Å²) in [6.45, 7) is 6.00. The number of likely N-dealkylation sites (N-methyl/N-ethyl adjacent to an activating group) is 1. The molecule has 5 nitrogen and oxygen atoms in total. The number of nitrogens with one attached hydrogen (secondary N) is 2. The number of hydrogen-bond donors (Lipinski definition) is 2. The van der Waals surface area contributed by atoms with Crippen LogP contribution in [0.3, 0.4) is 0 Å². The van der Waals surface area contributed by atoms with Crippen LogP contribution in [0.5, 0.6) is 0 Å². The van der Waals surface area contributed by atoms with E-state index in [-0.39, 0.29) is 12.5 Å². The smallest absolute Gasteiger partial charge is 0.243 e. The molecule has 0 spiro atoms. The predicted molar refractivity (Wildman–Crippen MR) is 105 cm³/mol. The van der Waals surface area contributed by atoms with Crippen molar-refractivity contribution in [3.63, 3.8) is 0 Å². The number of hydrogen-bond acceptors (Lipinski definition) is 3. The molecule has 0 saturated heterocycles. The molecule has 0 aliphatic carbocycles. The molecule has 0 saturated carbocycles. The van der Waals surface area contributed by atoms with Crippen LogP contribution >= 0.6 is 11.8 Å². The minimum Gasteiger partial charge on any atom is -0.356 e. The van der Waals surface area contributed by atoms with Gasteiger partial charge in [0.1, 0.15) is 6.54 Å². The first-order valence-electron chi connectivity index (χ1n) is 8.21. The average molecular weight is 351 g/mol. The minimum absolute atomic E-state index is 0.00437. The molecule has 0 atom stereocenters. The van der Waals surface area contributed by atoms with Gasteiger partial charge in [0.2, 0.25) is 5.91 Å². The molecule has 24 heavy (non-hydrogen) atoms. The fourth-order valence-corrected chi connectivity index (χ4v) is 2.58. The van der Waals surface area contributed by atoms with Crippen LogP contribution in [-0.4, -0.2) is 62.5 Å². The van der Waals surface area contributed by atoms with Crippen LogP contribution in [0.2, 0.25) is 0 Å². The Labute approximate surface area is 150 Å². The topological polar surface area (TPSA) is 56.7 Å². The first kappa shape index (κ1) is 20.4. The van der Waals surface area contributed by atoms with Crippen molar-refractivity contribution in [3.8, 4) is 0 Å². The van der Waals surface area contributed by atoms with Crippen LogP contribution in [0.4, 0.5) is 0 Å². The Hall–Kier alpha value is -1.69. The van der Waals surface area contributed by atoms with E-state index in [0.717, 1.165) is 25.3 Å². The van der Waals surface area contributed by atoms with Crippen LogP contribution in [0, 0.1) is 13.8 Å². The van der Waals surface area contributed by atoms with E-state index in [2.05, 4.69) is 53.9 Å². The lowest BCUT2D eigenvalue weighted by atomic mass is 10.1. The van der Waals surface area contributed by atoms with Crippen molar-refractivity contribution >= 4 is 23.6 Å². The molecule has 134 valence electrons. The standard InChI is InChI=1S/C18H30N4OS/c1-14-10-15(2)12-16(11-14)6-7-19-18(20-8-9-24-5)21-13-17(23)22(3)4/h10-12H,6-9,13H2,1-5H3,(H2,19,20,21). The first-order chi connectivity index (χ1) is 11.4. The quantitative estimate of drug-likeness (QED) is 0.427. The van der Waals surface area contributed by atoms with Crippen molar-refractivity contribution in [1.29, 1.82) is 0 Å². The Balaban J connectivity index is 2.56. The molecule has 0 aliphatic heterocycles. The highest BCUT2D eigenvalue weighted by Crippen LogP contribution is 2.08. The predicted octanol–water partition coefficient (Wildman–Crippen LogP) is 1.83. The molecular formula is C18H30N4OS. The van der Waals surface area contributed by atoms with Crippen molar-refractivity contribution in [2.45, 2.75) is 20.3 Å². The lowest BCUT2D eigenvalue weighted by Crippen LogP contribution is -2.40. The van der Waals surface area contributed by atoms with Crippen LogP contribution in [0.25, 0.3) is 0 Å². The fourth-order valence-electron chi connectivity index (χ4n) is 2.27. The number of benzene rings is 1. The van der Waals surface area contributed by atoms with Crippen molar-refractivity contribution in [2.24, 2.45) is 4.99 Å². The number of nitrogens with zero attached hydrogens (tertiary/aromatic N) is 2. The largest absolute Gasteiger partial charge is 0.356 e. The Morgan fingerprint density at radius 2 is 1.75 bits per heavy atom. The monoisotopic (exact) mass is 350 g/mol. The molecule has 6 heteroatoms. The molecule has 1 rings (SSSR count). The van der Waals surface area contributed by atoms with E-state index in [1.165, 1.54) is 16.7 Å². The molecule has 0 heterocycles. The lowest BCUT2D eigenvalue weighted by molar-refractivity contribution is -0.127. The fraction of sp³-hybridized carbons (Fsp3) is 0.556. The van der Waals surface area contributed by atoms with Crippen molar-refractivity contribution in [3.05, 3.63) is 34.9 Å². The third kappa shape index (κ3) is 8.24. The third-order valence-electron chi connectivity index (χ3n) is 3.46. The molecule has 1 aromatic carbocycles.